The molecule has 0 unspecified atom stereocenters. The Morgan fingerprint density at radius 1 is 1.10 bits per heavy atom. The predicted octanol–water partition coefficient (Wildman–Crippen LogP) is 4.91. The lowest BCUT2D eigenvalue weighted by Crippen LogP contribution is -1.99. The molecule has 2 aromatic rings. The number of fused-ring (bicyclic) bond motifs is 1. The monoisotopic (exact) mass is 274 g/mol. The van der Waals surface area contributed by atoms with Gasteiger partial charge in [-0.1, -0.05) is 51.2 Å². The van der Waals surface area contributed by atoms with Crippen LogP contribution in [0.15, 0.2) is 30.5 Å². The molecule has 0 radical (unpaired) electrons. The fourth-order valence-corrected chi connectivity index (χ4v) is 2.64. The van der Waals surface area contributed by atoms with Crippen molar-refractivity contribution in [3.05, 3.63) is 40.6 Å². The van der Waals surface area contributed by atoms with Gasteiger partial charge in [0.15, 0.2) is 0 Å². The van der Waals surface area contributed by atoms with Crippen LogP contribution >= 0.6 is 0 Å². The lowest BCUT2D eigenvalue weighted by atomic mass is 10.1. The number of unbranched alkanes of at least 4 members (excludes halogenated alkanes) is 5. The van der Waals surface area contributed by atoms with E-state index < -0.39 is 0 Å². The van der Waals surface area contributed by atoms with Gasteiger partial charge in [-0.2, -0.15) is 0 Å². The molecule has 0 aliphatic heterocycles. The van der Waals surface area contributed by atoms with E-state index in [1.54, 1.807) is 12.1 Å². The van der Waals surface area contributed by atoms with Gasteiger partial charge < -0.3 is 4.57 Å². The SMILES string of the molecule is CCCCCCCCn1ccc2cccc([N+](=O)[O-])c21. The minimum atomic E-state index is -0.292. The van der Waals surface area contributed by atoms with Crippen LogP contribution in [0.2, 0.25) is 0 Å². The summed E-state index contributed by atoms with van der Waals surface area (Å²) in [6.07, 6.45) is 9.36. The number of hydrogen-bond donors (Lipinski definition) is 0. The number of hydrogen-bond acceptors (Lipinski definition) is 2. The fraction of sp³-hybridized carbons (Fsp3) is 0.500. The summed E-state index contributed by atoms with van der Waals surface area (Å²) in [5.74, 6) is 0. The second kappa shape index (κ2) is 7.08. The van der Waals surface area contributed by atoms with Crippen molar-refractivity contribution < 1.29 is 4.92 Å². The molecule has 4 heteroatoms. The maximum atomic E-state index is 11.1. The second-order valence-corrected chi connectivity index (χ2v) is 5.25. The second-order valence-electron chi connectivity index (χ2n) is 5.25. The Kier molecular flexibility index (Phi) is 5.16. The Morgan fingerprint density at radius 3 is 2.60 bits per heavy atom. The van der Waals surface area contributed by atoms with E-state index in [2.05, 4.69) is 6.92 Å². The van der Waals surface area contributed by atoms with Crippen molar-refractivity contribution in [2.75, 3.05) is 0 Å². The topological polar surface area (TPSA) is 48.1 Å². The molecule has 1 heterocycles. The Morgan fingerprint density at radius 2 is 1.85 bits per heavy atom. The molecular weight excluding hydrogens is 252 g/mol. The van der Waals surface area contributed by atoms with Crippen LogP contribution in [0.5, 0.6) is 0 Å². The summed E-state index contributed by atoms with van der Waals surface area (Å²) in [6, 6.07) is 7.22. The number of nitrogens with zero attached hydrogens (tertiary/aromatic N) is 2. The Hall–Kier alpha value is -1.84. The number of non-ortho nitro benzene ring substituents is 1. The van der Waals surface area contributed by atoms with E-state index in [1.807, 2.05) is 22.9 Å². The minimum Gasteiger partial charge on any atom is -0.342 e. The van der Waals surface area contributed by atoms with Crippen LogP contribution in [-0.2, 0) is 6.54 Å². The molecule has 0 saturated carbocycles. The number of nitro groups is 1. The molecule has 0 fully saturated rings. The van der Waals surface area contributed by atoms with Gasteiger partial charge in [0.05, 0.1) is 4.92 Å². The van der Waals surface area contributed by atoms with Gasteiger partial charge >= 0.3 is 0 Å². The van der Waals surface area contributed by atoms with Gasteiger partial charge in [-0.25, -0.2) is 0 Å². The molecular formula is C16H22N2O2. The predicted molar refractivity (Wildman–Crippen MR) is 82.0 cm³/mol. The molecule has 0 N–H and O–H groups in total. The zero-order chi connectivity index (χ0) is 14.4. The van der Waals surface area contributed by atoms with Gasteiger partial charge in [-0.3, -0.25) is 10.1 Å². The molecule has 4 nitrogen and oxygen atoms in total. The zero-order valence-corrected chi connectivity index (χ0v) is 12.0. The molecule has 0 amide bonds. The lowest BCUT2D eigenvalue weighted by molar-refractivity contribution is -0.383. The van der Waals surface area contributed by atoms with Crippen molar-refractivity contribution >= 4 is 16.6 Å². The molecule has 0 aliphatic rings. The summed E-state index contributed by atoms with van der Waals surface area (Å²) in [5.41, 5.74) is 0.963. The van der Waals surface area contributed by atoms with E-state index >= 15 is 0 Å². The first kappa shape index (κ1) is 14.6. The number of nitro benzene ring substituents is 1. The largest absolute Gasteiger partial charge is 0.342 e. The standard InChI is InChI=1S/C16H22N2O2/c1-2-3-4-5-6-7-12-17-13-11-14-9-8-10-15(16(14)17)18(19)20/h8-11,13H,2-7,12H2,1H3. The van der Waals surface area contributed by atoms with Crippen molar-refractivity contribution in [1.29, 1.82) is 0 Å². The molecule has 0 spiro atoms. The van der Waals surface area contributed by atoms with Crippen LogP contribution in [0.25, 0.3) is 10.9 Å². The summed E-state index contributed by atoms with van der Waals surface area (Å²) < 4.78 is 2.02. The minimum absolute atomic E-state index is 0.207. The van der Waals surface area contributed by atoms with Gasteiger partial charge in [0, 0.05) is 24.2 Å². The number of aryl methyl sites for hydroxylation is 1. The van der Waals surface area contributed by atoms with Crippen molar-refractivity contribution in [2.45, 2.75) is 52.0 Å². The molecule has 0 aliphatic carbocycles. The number of rotatable bonds is 8. The van der Waals surface area contributed by atoms with Crippen LogP contribution in [-0.4, -0.2) is 9.49 Å². The van der Waals surface area contributed by atoms with Crippen LogP contribution in [0, 0.1) is 10.1 Å². The summed E-state index contributed by atoms with van der Waals surface area (Å²) in [4.78, 5) is 10.8. The molecule has 108 valence electrons. The highest BCUT2D eigenvalue weighted by Gasteiger charge is 2.14. The normalized spacial score (nSPS) is 11.1. The summed E-state index contributed by atoms with van der Waals surface area (Å²) in [6.45, 7) is 3.07. The fourth-order valence-electron chi connectivity index (χ4n) is 2.64. The quantitative estimate of drug-likeness (QED) is 0.390. The van der Waals surface area contributed by atoms with Gasteiger partial charge in [0.25, 0.3) is 5.69 Å². The van der Waals surface area contributed by atoms with Gasteiger partial charge in [-0.15, -0.1) is 0 Å². The summed E-state index contributed by atoms with van der Waals surface area (Å²) in [7, 11) is 0. The smallest absolute Gasteiger partial charge is 0.293 e. The first-order chi connectivity index (χ1) is 9.74. The number of para-hydroxylation sites is 1. The molecule has 1 aromatic heterocycles. The van der Waals surface area contributed by atoms with E-state index in [0.717, 1.165) is 23.9 Å². The van der Waals surface area contributed by atoms with E-state index in [-0.39, 0.29) is 10.6 Å². The first-order valence-corrected chi connectivity index (χ1v) is 7.46. The van der Waals surface area contributed by atoms with Crippen LogP contribution in [0.3, 0.4) is 0 Å². The lowest BCUT2D eigenvalue weighted by Gasteiger charge is -2.06. The van der Waals surface area contributed by atoms with Crippen LogP contribution in [0.1, 0.15) is 45.4 Å². The molecule has 0 saturated heterocycles. The number of aromatic nitrogens is 1. The van der Waals surface area contributed by atoms with E-state index in [0.29, 0.717) is 0 Å². The van der Waals surface area contributed by atoms with Crippen molar-refractivity contribution in [2.24, 2.45) is 0 Å². The highest BCUT2D eigenvalue weighted by Crippen LogP contribution is 2.26. The van der Waals surface area contributed by atoms with Crippen LogP contribution in [0.4, 0.5) is 5.69 Å². The molecule has 20 heavy (non-hydrogen) atoms. The third-order valence-corrected chi connectivity index (χ3v) is 3.72. The van der Waals surface area contributed by atoms with E-state index in [1.165, 1.54) is 32.1 Å². The molecule has 1 aromatic carbocycles. The summed E-state index contributed by atoms with van der Waals surface area (Å²) >= 11 is 0. The maximum absolute atomic E-state index is 11.1. The number of benzene rings is 1. The van der Waals surface area contributed by atoms with Crippen LogP contribution < -0.4 is 0 Å². The summed E-state index contributed by atoms with van der Waals surface area (Å²) in [5, 5.41) is 12.1. The molecule has 0 bridgehead atoms. The molecule has 0 atom stereocenters. The Balaban J connectivity index is 2.01. The molecule has 2 rings (SSSR count). The van der Waals surface area contributed by atoms with Gasteiger partial charge in [-0.05, 0) is 12.5 Å². The highest BCUT2D eigenvalue weighted by atomic mass is 16.6. The average Bonchev–Trinajstić information content (AvgIpc) is 2.86. The van der Waals surface area contributed by atoms with Crippen molar-refractivity contribution in [3.63, 3.8) is 0 Å². The zero-order valence-electron chi connectivity index (χ0n) is 12.0. The third-order valence-electron chi connectivity index (χ3n) is 3.72. The van der Waals surface area contributed by atoms with E-state index in [4.69, 9.17) is 0 Å². The average molecular weight is 274 g/mol. The Bertz CT molecular complexity index is 575. The third kappa shape index (κ3) is 3.38. The first-order valence-electron chi connectivity index (χ1n) is 7.46. The Labute approximate surface area is 119 Å². The maximum Gasteiger partial charge on any atom is 0.293 e. The van der Waals surface area contributed by atoms with Crippen molar-refractivity contribution in [1.82, 2.24) is 4.57 Å². The van der Waals surface area contributed by atoms with Crippen molar-refractivity contribution in [3.8, 4) is 0 Å². The van der Waals surface area contributed by atoms with E-state index in [9.17, 15) is 10.1 Å². The van der Waals surface area contributed by atoms with Gasteiger partial charge in [0.1, 0.15) is 5.52 Å². The van der Waals surface area contributed by atoms with Gasteiger partial charge in [0.2, 0.25) is 0 Å². The highest BCUT2D eigenvalue weighted by molar-refractivity contribution is 5.88.